The van der Waals surface area contributed by atoms with E-state index >= 15 is 0 Å². The van der Waals surface area contributed by atoms with Gasteiger partial charge in [-0.2, -0.15) is 5.10 Å². The minimum Gasteiger partial charge on any atom is -0.411 e. The Morgan fingerprint density at radius 2 is 1.78 bits per heavy atom. The molecule has 2 aromatic carbocycles. The normalized spacial score (nSPS) is 11.5. The van der Waals surface area contributed by atoms with Crippen molar-refractivity contribution in [1.29, 1.82) is 0 Å². The van der Waals surface area contributed by atoms with Gasteiger partial charge in [-0.25, -0.2) is 9.50 Å². The maximum Gasteiger partial charge on any atom is 0.283 e. The van der Waals surface area contributed by atoms with Gasteiger partial charge in [0.15, 0.2) is 5.65 Å². The van der Waals surface area contributed by atoms with Gasteiger partial charge in [0.25, 0.3) is 5.22 Å². The quantitative estimate of drug-likeness (QED) is 0.427. The van der Waals surface area contributed by atoms with Gasteiger partial charge in [0, 0.05) is 17.0 Å². The van der Waals surface area contributed by atoms with Gasteiger partial charge in [-0.05, 0) is 43.3 Å². The van der Waals surface area contributed by atoms with Gasteiger partial charge in [-0.1, -0.05) is 36.4 Å². The predicted molar refractivity (Wildman–Crippen MR) is 104 cm³/mol. The van der Waals surface area contributed by atoms with Crippen LogP contribution in [0.15, 0.2) is 69.3 Å². The van der Waals surface area contributed by atoms with E-state index in [1.807, 2.05) is 73.0 Å². The van der Waals surface area contributed by atoms with Gasteiger partial charge in [-0.15, -0.1) is 10.2 Å². The summed E-state index contributed by atoms with van der Waals surface area (Å²) >= 11 is 1.37. The topological polar surface area (TPSA) is 69.1 Å². The molecule has 0 fully saturated rings. The SMILES string of the molecule is Cc1cc2nc(Sc3nnc(-c4ccccc4C)o3)c3ccccc3n2n1. The molecule has 0 aliphatic carbocycles. The van der Waals surface area contributed by atoms with Crippen molar-refractivity contribution in [2.75, 3.05) is 0 Å². The molecule has 0 saturated heterocycles. The van der Waals surface area contributed by atoms with Crippen LogP contribution in [0.5, 0.6) is 0 Å². The summed E-state index contributed by atoms with van der Waals surface area (Å²) in [4.78, 5) is 4.75. The van der Waals surface area contributed by atoms with E-state index in [4.69, 9.17) is 9.40 Å². The summed E-state index contributed by atoms with van der Waals surface area (Å²) < 4.78 is 7.76. The molecule has 0 radical (unpaired) electrons. The Morgan fingerprint density at radius 1 is 0.963 bits per heavy atom. The molecule has 0 spiro atoms. The number of aryl methyl sites for hydroxylation is 2. The molecule has 0 atom stereocenters. The molecule has 27 heavy (non-hydrogen) atoms. The van der Waals surface area contributed by atoms with E-state index in [1.54, 1.807) is 0 Å². The van der Waals surface area contributed by atoms with E-state index in [0.717, 1.165) is 38.4 Å². The summed E-state index contributed by atoms with van der Waals surface area (Å²) in [7, 11) is 0. The van der Waals surface area contributed by atoms with Crippen molar-refractivity contribution in [2.24, 2.45) is 0 Å². The third-order valence-electron chi connectivity index (χ3n) is 4.36. The zero-order chi connectivity index (χ0) is 18.4. The van der Waals surface area contributed by atoms with E-state index in [1.165, 1.54) is 11.8 Å². The Kier molecular flexibility index (Phi) is 3.68. The maximum atomic E-state index is 5.90. The molecule has 0 unspecified atom stereocenters. The van der Waals surface area contributed by atoms with Crippen molar-refractivity contribution in [3.05, 3.63) is 65.9 Å². The highest BCUT2D eigenvalue weighted by Gasteiger charge is 2.16. The number of hydrogen-bond donors (Lipinski definition) is 0. The third kappa shape index (κ3) is 2.76. The molecular weight excluding hydrogens is 358 g/mol. The van der Waals surface area contributed by atoms with Crippen LogP contribution in [0.4, 0.5) is 0 Å². The first kappa shape index (κ1) is 16.0. The zero-order valence-corrected chi connectivity index (χ0v) is 15.6. The highest BCUT2D eigenvalue weighted by Crippen LogP contribution is 2.33. The fourth-order valence-corrected chi connectivity index (χ4v) is 3.87. The van der Waals surface area contributed by atoms with Gasteiger partial charge in [0.05, 0.1) is 11.2 Å². The molecule has 6 nitrogen and oxygen atoms in total. The Balaban J connectivity index is 1.60. The minimum absolute atomic E-state index is 0.464. The van der Waals surface area contributed by atoms with Gasteiger partial charge < -0.3 is 4.42 Å². The van der Waals surface area contributed by atoms with E-state index in [2.05, 4.69) is 15.3 Å². The van der Waals surface area contributed by atoms with Crippen LogP contribution in [0, 0.1) is 13.8 Å². The van der Waals surface area contributed by atoms with E-state index in [0.29, 0.717) is 11.1 Å². The maximum absolute atomic E-state index is 5.90. The van der Waals surface area contributed by atoms with Crippen LogP contribution in [-0.2, 0) is 0 Å². The molecule has 0 saturated carbocycles. The van der Waals surface area contributed by atoms with Crippen molar-refractivity contribution in [3.8, 4) is 11.5 Å². The fraction of sp³-hybridized carbons (Fsp3) is 0.100. The van der Waals surface area contributed by atoms with Crippen LogP contribution in [0.25, 0.3) is 28.0 Å². The van der Waals surface area contributed by atoms with E-state index in [9.17, 15) is 0 Å². The molecule has 0 bridgehead atoms. The Morgan fingerprint density at radius 3 is 2.67 bits per heavy atom. The van der Waals surface area contributed by atoms with Gasteiger partial charge in [0.1, 0.15) is 5.03 Å². The van der Waals surface area contributed by atoms with Gasteiger partial charge in [-0.3, -0.25) is 0 Å². The minimum atomic E-state index is 0.464. The van der Waals surface area contributed by atoms with Crippen molar-refractivity contribution in [1.82, 2.24) is 24.8 Å². The van der Waals surface area contributed by atoms with Crippen molar-refractivity contribution in [3.63, 3.8) is 0 Å². The van der Waals surface area contributed by atoms with Gasteiger partial charge >= 0.3 is 0 Å². The number of benzene rings is 2. The standard InChI is InChI=1S/C20H15N5OS/c1-12-7-3-4-8-14(12)18-22-23-20(26-18)27-19-15-9-5-6-10-16(15)25-17(21-19)11-13(2)24-25/h3-11H,1-2H3. The number of fused-ring (bicyclic) bond motifs is 3. The first-order chi connectivity index (χ1) is 13.2. The van der Waals surface area contributed by atoms with Crippen LogP contribution in [0.2, 0.25) is 0 Å². The monoisotopic (exact) mass is 373 g/mol. The smallest absolute Gasteiger partial charge is 0.283 e. The molecule has 5 rings (SSSR count). The number of para-hydroxylation sites is 1. The predicted octanol–water partition coefficient (Wildman–Crippen LogP) is 4.70. The largest absolute Gasteiger partial charge is 0.411 e. The summed E-state index contributed by atoms with van der Waals surface area (Å²) in [6.07, 6.45) is 0. The number of nitrogens with zero attached hydrogens (tertiary/aromatic N) is 5. The summed E-state index contributed by atoms with van der Waals surface area (Å²) in [6.45, 7) is 3.99. The van der Waals surface area contributed by atoms with Crippen molar-refractivity contribution < 1.29 is 4.42 Å². The lowest BCUT2D eigenvalue weighted by Crippen LogP contribution is -1.95. The second-order valence-corrected chi connectivity index (χ2v) is 7.22. The second kappa shape index (κ2) is 6.21. The van der Waals surface area contributed by atoms with Crippen LogP contribution in [0.3, 0.4) is 0 Å². The number of hydrogen-bond acceptors (Lipinski definition) is 6. The lowest BCUT2D eigenvalue weighted by molar-refractivity contribution is 0.465. The molecule has 7 heteroatoms. The van der Waals surface area contributed by atoms with Crippen LogP contribution >= 0.6 is 11.8 Å². The Bertz CT molecular complexity index is 1290. The summed E-state index contributed by atoms with van der Waals surface area (Å²) in [5.41, 5.74) is 4.76. The first-order valence-electron chi connectivity index (χ1n) is 8.51. The molecule has 3 heterocycles. The molecular formula is C20H15N5OS. The molecule has 5 aromatic rings. The third-order valence-corrected chi connectivity index (χ3v) is 5.20. The highest BCUT2D eigenvalue weighted by molar-refractivity contribution is 7.99. The highest BCUT2D eigenvalue weighted by atomic mass is 32.2. The van der Waals surface area contributed by atoms with Gasteiger partial charge in [0.2, 0.25) is 5.89 Å². The second-order valence-electron chi connectivity index (χ2n) is 6.28. The number of aromatic nitrogens is 5. The molecule has 0 N–H and O–H groups in total. The zero-order valence-electron chi connectivity index (χ0n) is 14.7. The fourth-order valence-electron chi connectivity index (χ4n) is 3.08. The first-order valence-corrected chi connectivity index (χ1v) is 9.33. The summed E-state index contributed by atoms with van der Waals surface area (Å²) in [5, 5.41) is 15.2. The van der Waals surface area contributed by atoms with Crippen LogP contribution in [0.1, 0.15) is 11.3 Å². The summed E-state index contributed by atoms with van der Waals surface area (Å²) in [6, 6.07) is 18.0. The van der Waals surface area contributed by atoms with E-state index < -0.39 is 0 Å². The molecule has 0 amide bonds. The Labute approximate surface area is 159 Å². The lowest BCUT2D eigenvalue weighted by atomic mass is 10.1. The van der Waals surface area contributed by atoms with Crippen molar-refractivity contribution >= 4 is 28.3 Å². The molecule has 132 valence electrons. The number of rotatable bonds is 3. The van der Waals surface area contributed by atoms with Crippen molar-refractivity contribution in [2.45, 2.75) is 24.1 Å². The lowest BCUT2D eigenvalue weighted by Gasteiger charge is -2.05. The Hall–Kier alpha value is -3.19. The van der Waals surface area contributed by atoms with E-state index in [-0.39, 0.29) is 0 Å². The molecule has 0 aliphatic heterocycles. The molecule has 0 aliphatic rings. The van der Waals surface area contributed by atoms with Crippen LogP contribution in [-0.4, -0.2) is 24.8 Å². The average Bonchev–Trinajstić information content (AvgIpc) is 3.28. The molecule has 3 aromatic heterocycles. The van der Waals surface area contributed by atoms with Crippen LogP contribution < -0.4 is 0 Å². The average molecular weight is 373 g/mol. The summed E-state index contributed by atoms with van der Waals surface area (Å²) in [5.74, 6) is 0.515.